The summed E-state index contributed by atoms with van der Waals surface area (Å²) in [5, 5.41) is 4.80. The Balaban J connectivity index is 2.32. The Kier molecular flexibility index (Phi) is 4.14. The highest BCUT2D eigenvalue weighted by molar-refractivity contribution is 6.31. The number of nitrogens with two attached hydrogens (primary N) is 1. The summed E-state index contributed by atoms with van der Waals surface area (Å²) in [5.74, 6) is 5.12. The highest BCUT2D eigenvalue weighted by Gasteiger charge is 2.20. The zero-order valence-corrected chi connectivity index (χ0v) is 11.4. The van der Waals surface area contributed by atoms with Crippen LogP contribution in [0.3, 0.4) is 0 Å². The quantitative estimate of drug-likeness (QED) is 0.661. The molecular formula is C12H15ClFN5. The molecule has 1 atom stereocenters. The van der Waals surface area contributed by atoms with Crippen LogP contribution in [0.4, 0.5) is 4.39 Å². The van der Waals surface area contributed by atoms with Gasteiger partial charge in [-0.25, -0.2) is 4.39 Å². The van der Waals surface area contributed by atoms with Crippen molar-refractivity contribution in [2.45, 2.75) is 19.4 Å². The van der Waals surface area contributed by atoms with Crippen molar-refractivity contribution in [3.8, 4) is 0 Å². The fourth-order valence-corrected chi connectivity index (χ4v) is 2.26. The van der Waals surface area contributed by atoms with Crippen LogP contribution in [-0.2, 0) is 13.5 Å². The first-order valence-corrected chi connectivity index (χ1v) is 6.16. The van der Waals surface area contributed by atoms with E-state index in [4.69, 9.17) is 17.4 Å². The topological polar surface area (TPSA) is 68.8 Å². The molecule has 0 bridgehead atoms. The molecule has 2 heterocycles. The van der Waals surface area contributed by atoms with E-state index in [0.717, 1.165) is 17.6 Å². The van der Waals surface area contributed by atoms with Gasteiger partial charge < -0.3 is 0 Å². The minimum atomic E-state index is -0.402. The van der Waals surface area contributed by atoms with E-state index in [-0.39, 0.29) is 0 Å². The molecule has 0 fully saturated rings. The van der Waals surface area contributed by atoms with Crippen molar-refractivity contribution in [3.05, 3.63) is 46.3 Å². The molecule has 0 aliphatic carbocycles. The molecule has 102 valence electrons. The van der Waals surface area contributed by atoms with E-state index in [9.17, 15) is 4.39 Å². The highest BCUT2D eigenvalue weighted by Crippen LogP contribution is 2.26. The molecule has 0 saturated heterocycles. The lowest BCUT2D eigenvalue weighted by Gasteiger charge is -2.17. The average molecular weight is 284 g/mol. The zero-order chi connectivity index (χ0) is 14.0. The fourth-order valence-electron chi connectivity index (χ4n) is 2.02. The molecule has 0 amide bonds. The van der Waals surface area contributed by atoms with Crippen molar-refractivity contribution in [1.82, 2.24) is 20.2 Å². The number of aryl methyl sites for hydroxylation is 2. The van der Waals surface area contributed by atoms with Crippen molar-refractivity contribution < 1.29 is 4.39 Å². The normalized spacial score (nSPS) is 12.7. The maximum Gasteiger partial charge on any atom is 0.146 e. The number of hydrogen-bond acceptors (Lipinski definition) is 4. The van der Waals surface area contributed by atoms with Gasteiger partial charge in [0.05, 0.1) is 28.6 Å². The first-order chi connectivity index (χ1) is 9.04. The van der Waals surface area contributed by atoms with Crippen molar-refractivity contribution in [2.75, 3.05) is 0 Å². The second-order valence-electron chi connectivity index (χ2n) is 4.29. The monoisotopic (exact) mass is 283 g/mol. The van der Waals surface area contributed by atoms with Gasteiger partial charge in [-0.15, -0.1) is 0 Å². The summed E-state index contributed by atoms with van der Waals surface area (Å²) in [6.45, 7) is 1.82. The van der Waals surface area contributed by atoms with E-state index >= 15 is 0 Å². The van der Waals surface area contributed by atoms with Gasteiger partial charge in [-0.1, -0.05) is 11.6 Å². The molecule has 0 aliphatic rings. The molecule has 19 heavy (non-hydrogen) atoms. The van der Waals surface area contributed by atoms with E-state index in [1.807, 2.05) is 6.92 Å². The van der Waals surface area contributed by atoms with Crippen LogP contribution in [0.25, 0.3) is 0 Å². The van der Waals surface area contributed by atoms with Gasteiger partial charge in [-0.2, -0.15) is 5.10 Å². The number of aromatic nitrogens is 3. The van der Waals surface area contributed by atoms with Crippen LogP contribution in [0.5, 0.6) is 0 Å². The second-order valence-corrected chi connectivity index (χ2v) is 4.67. The van der Waals surface area contributed by atoms with E-state index in [0.29, 0.717) is 17.0 Å². The first-order valence-electron chi connectivity index (χ1n) is 5.78. The molecule has 5 nitrogen and oxygen atoms in total. The van der Waals surface area contributed by atoms with E-state index in [1.165, 1.54) is 6.20 Å². The molecule has 7 heteroatoms. The molecule has 0 spiro atoms. The Morgan fingerprint density at radius 3 is 2.84 bits per heavy atom. The van der Waals surface area contributed by atoms with E-state index in [2.05, 4.69) is 15.5 Å². The van der Waals surface area contributed by atoms with Gasteiger partial charge in [0.1, 0.15) is 5.82 Å². The number of hydrogen-bond donors (Lipinski definition) is 2. The standard InChI is InChI=1S/C12H15ClFN5/c1-7-12(13)11(19(2)18-7)5-10(17-15)8-3-4-16-6-9(8)14/h3-4,6,10,17H,5,15H2,1-2H3. The summed E-state index contributed by atoms with van der Waals surface area (Å²) in [5.41, 5.74) is 4.60. The number of rotatable bonds is 4. The Hall–Kier alpha value is -1.50. The summed E-state index contributed by atoms with van der Waals surface area (Å²) in [7, 11) is 1.80. The van der Waals surface area contributed by atoms with E-state index < -0.39 is 11.9 Å². The van der Waals surface area contributed by atoms with Gasteiger partial charge in [-0.3, -0.25) is 20.9 Å². The maximum absolute atomic E-state index is 13.7. The summed E-state index contributed by atoms with van der Waals surface area (Å²) in [6.07, 6.45) is 3.13. The number of nitrogens with zero attached hydrogens (tertiary/aromatic N) is 3. The van der Waals surface area contributed by atoms with Crippen LogP contribution < -0.4 is 11.3 Å². The van der Waals surface area contributed by atoms with Gasteiger partial charge >= 0.3 is 0 Å². The maximum atomic E-state index is 13.7. The molecule has 0 saturated carbocycles. The van der Waals surface area contributed by atoms with Crippen molar-refractivity contribution in [1.29, 1.82) is 0 Å². The third-order valence-electron chi connectivity index (χ3n) is 3.04. The Bertz CT molecular complexity index is 583. The SMILES string of the molecule is Cc1nn(C)c(CC(NN)c2ccncc2F)c1Cl. The second kappa shape index (κ2) is 5.64. The Labute approximate surface area is 115 Å². The van der Waals surface area contributed by atoms with Crippen LogP contribution in [0.1, 0.15) is 23.0 Å². The molecule has 3 N–H and O–H groups in total. The lowest BCUT2D eigenvalue weighted by Crippen LogP contribution is -2.31. The van der Waals surface area contributed by atoms with Crippen molar-refractivity contribution in [3.63, 3.8) is 0 Å². The highest BCUT2D eigenvalue weighted by atomic mass is 35.5. The number of pyridine rings is 1. The summed E-state index contributed by atoms with van der Waals surface area (Å²) in [6, 6.07) is 1.20. The zero-order valence-electron chi connectivity index (χ0n) is 10.7. The summed E-state index contributed by atoms with van der Waals surface area (Å²) < 4.78 is 15.4. The van der Waals surface area contributed by atoms with Gasteiger partial charge in [0.15, 0.2) is 0 Å². The van der Waals surface area contributed by atoms with Crippen LogP contribution in [0, 0.1) is 12.7 Å². The minimum absolute atomic E-state index is 0.393. The first kappa shape index (κ1) is 13.9. The molecule has 0 aliphatic heterocycles. The van der Waals surface area contributed by atoms with Crippen molar-refractivity contribution >= 4 is 11.6 Å². The van der Waals surface area contributed by atoms with E-state index in [1.54, 1.807) is 17.8 Å². The molecule has 2 rings (SSSR count). The minimum Gasteiger partial charge on any atom is -0.271 e. The van der Waals surface area contributed by atoms with Crippen LogP contribution in [0.15, 0.2) is 18.5 Å². The van der Waals surface area contributed by atoms with Crippen LogP contribution >= 0.6 is 11.6 Å². The predicted octanol–water partition coefficient (Wildman–Crippen LogP) is 1.66. The Morgan fingerprint density at radius 2 is 2.32 bits per heavy atom. The predicted molar refractivity (Wildman–Crippen MR) is 70.9 cm³/mol. The Morgan fingerprint density at radius 1 is 1.58 bits per heavy atom. The van der Waals surface area contributed by atoms with Gasteiger partial charge in [-0.05, 0) is 13.0 Å². The number of nitrogens with one attached hydrogen (secondary N) is 1. The smallest absolute Gasteiger partial charge is 0.146 e. The van der Waals surface area contributed by atoms with Gasteiger partial charge in [0, 0.05) is 25.2 Å². The van der Waals surface area contributed by atoms with Gasteiger partial charge in [0.25, 0.3) is 0 Å². The molecule has 2 aromatic rings. The third-order valence-corrected chi connectivity index (χ3v) is 3.53. The lowest BCUT2D eigenvalue weighted by atomic mass is 10.0. The third kappa shape index (κ3) is 2.75. The number of halogens is 2. The molecular weight excluding hydrogens is 269 g/mol. The molecule has 0 aromatic carbocycles. The lowest BCUT2D eigenvalue weighted by molar-refractivity contribution is 0.495. The van der Waals surface area contributed by atoms with Crippen LogP contribution in [-0.4, -0.2) is 14.8 Å². The van der Waals surface area contributed by atoms with Crippen LogP contribution in [0.2, 0.25) is 5.02 Å². The average Bonchev–Trinajstić information content (AvgIpc) is 2.63. The molecule has 2 aromatic heterocycles. The fraction of sp³-hybridized carbons (Fsp3) is 0.333. The van der Waals surface area contributed by atoms with Gasteiger partial charge in [0.2, 0.25) is 0 Å². The molecule has 0 radical (unpaired) electrons. The summed E-state index contributed by atoms with van der Waals surface area (Å²) in [4.78, 5) is 3.72. The summed E-state index contributed by atoms with van der Waals surface area (Å²) >= 11 is 6.18. The number of hydrazine groups is 1. The molecule has 1 unspecified atom stereocenters. The van der Waals surface area contributed by atoms with Crippen molar-refractivity contribution in [2.24, 2.45) is 12.9 Å². The largest absolute Gasteiger partial charge is 0.271 e.